The molecule has 0 bridgehead atoms. The molecule has 0 unspecified atom stereocenters. The molecule has 1 rings (SSSR count). The number of amides is 1. The quantitative estimate of drug-likeness (QED) is 0.661. The van der Waals surface area contributed by atoms with E-state index in [1.165, 1.54) is 45.3 Å². The van der Waals surface area contributed by atoms with Crippen LogP contribution in [0.15, 0.2) is 36.3 Å². The molecule has 0 saturated carbocycles. The van der Waals surface area contributed by atoms with Crippen molar-refractivity contribution in [3.63, 3.8) is 0 Å². The first-order valence-corrected chi connectivity index (χ1v) is 6.31. The molecule has 0 fully saturated rings. The minimum absolute atomic E-state index is 0.131. The molecule has 120 valence electrons. The van der Waals surface area contributed by atoms with Gasteiger partial charge in [0, 0.05) is 29.4 Å². The first-order valence-electron chi connectivity index (χ1n) is 6.31. The van der Waals surface area contributed by atoms with E-state index in [4.69, 9.17) is 0 Å². The largest absolute Gasteiger partial charge is 0.432 e. The van der Waals surface area contributed by atoms with Gasteiger partial charge in [-0.1, -0.05) is 20.8 Å². The van der Waals surface area contributed by atoms with Gasteiger partial charge in [-0.2, -0.15) is 13.2 Å². The molecule has 2 N–H and O–H groups in total. The lowest BCUT2D eigenvalue weighted by Crippen LogP contribution is -2.41. The minimum Gasteiger partial charge on any atom is -0.294 e. The number of nitrogens with zero attached hydrogens (tertiary/aromatic N) is 1. The standard InChI is InChI=1S/C14H16F3N3O2/c1-13(2,3)11(21)8-10(14(15,16)17)19-20-12(22)9-4-6-18-7-5-9/h4-8,19H,1-3H3,(H,20,22)/b10-8-. The first kappa shape index (κ1) is 17.7. The summed E-state index contributed by atoms with van der Waals surface area (Å²) in [6.07, 6.45) is -1.70. The first-order chi connectivity index (χ1) is 10.0. The van der Waals surface area contributed by atoms with Crippen molar-refractivity contribution < 1.29 is 22.8 Å². The molecular weight excluding hydrogens is 299 g/mol. The van der Waals surface area contributed by atoms with Crippen LogP contribution in [-0.2, 0) is 4.79 Å². The van der Waals surface area contributed by atoms with Crippen molar-refractivity contribution in [2.45, 2.75) is 26.9 Å². The highest BCUT2D eigenvalue weighted by atomic mass is 19.4. The van der Waals surface area contributed by atoms with Gasteiger partial charge in [-0.15, -0.1) is 0 Å². The molecule has 5 nitrogen and oxygen atoms in total. The Morgan fingerprint density at radius 1 is 1.09 bits per heavy atom. The Bertz CT molecular complexity index is 575. The molecular formula is C14H16F3N3O2. The van der Waals surface area contributed by atoms with Crippen LogP contribution >= 0.6 is 0 Å². The van der Waals surface area contributed by atoms with Gasteiger partial charge in [0.05, 0.1) is 0 Å². The number of hydrogen-bond donors (Lipinski definition) is 2. The predicted molar refractivity (Wildman–Crippen MR) is 73.4 cm³/mol. The molecule has 0 aliphatic rings. The summed E-state index contributed by atoms with van der Waals surface area (Å²) in [6, 6.07) is 2.68. The minimum atomic E-state index is -4.80. The van der Waals surface area contributed by atoms with E-state index in [0.29, 0.717) is 6.08 Å². The number of ketones is 1. The maximum absolute atomic E-state index is 12.9. The number of hydrogen-bond acceptors (Lipinski definition) is 4. The van der Waals surface area contributed by atoms with Crippen LogP contribution < -0.4 is 10.9 Å². The molecule has 0 aliphatic heterocycles. The van der Waals surface area contributed by atoms with Crippen LogP contribution in [-0.4, -0.2) is 22.9 Å². The number of nitrogens with one attached hydrogen (secondary N) is 2. The zero-order chi connectivity index (χ0) is 17.0. The molecule has 0 aliphatic carbocycles. The molecule has 0 spiro atoms. The molecule has 1 heterocycles. The number of carbonyl (C=O) groups excluding carboxylic acids is 2. The summed E-state index contributed by atoms with van der Waals surface area (Å²) in [5, 5.41) is 0. The number of pyridine rings is 1. The van der Waals surface area contributed by atoms with Gasteiger partial charge in [0.1, 0.15) is 5.70 Å². The Morgan fingerprint density at radius 3 is 2.09 bits per heavy atom. The van der Waals surface area contributed by atoms with Gasteiger partial charge < -0.3 is 0 Å². The Balaban J connectivity index is 2.86. The number of rotatable bonds is 4. The molecule has 1 aromatic rings. The van der Waals surface area contributed by atoms with Crippen LogP contribution in [0.25, 0.3) is 0 Å². The zero-order valence-electron chi connectivity index (χ0n) is 12.3. The van der Waals surface area contributed by atoms with Gasteiger partial charge >= 0.3 is 6.18 Å². The summed E-state index contributed by atoms with van der Waals surface area (Å²) < 4.78 is 38.6. The third-order valence-corrected chi connectivity index (χ3v) is 2.57. The zero-order valence-corrected chi connectivity index (χ0v) is 12.3. The van der Waals surface area contributed by atoms with E-state index < -0.39 is 29.0 Å². The van der Waals surface area contributed by atoms with Gasteiger partial charge in [0.25, 0.3) is 5.91 Å². The highest BCUT2D eigenvalue weighted by Gasteiger charge is 2.36. The van der Waals surface area contributed by atoms with Crippen molar-refractivity contribution in [1.82, 2.24) is 15.8 Å². The van der Waals surface area contributed by atoms with Gasteiger partial charge in [0.15, 0.2) is 5.78 Å². The van der Waals surface area contributed by atoms with Crippen LogP contribution in [0, 0.1) is 5.41 Å². The smallest absolute Gasteiger partial charge is 0.294 e. The number of hydrazine groups is 1. The van der Waals surface area contributed by atoms with E-state index in [0.717, 1.165) is 0 Å². The van der Waals surface area contributed by atoms with Crippen molar-refractivity contribution >= 4 is 11.7 Å². The van der Waals surface area contributed by atoms with Crippen molar-refractivity contribution in [2.24, 2.45) is 5.41 Å². The van der Waals surface area contributed by atoms with E-state index in [2.05, 4.69) is 4.98 Å². The lowest BCUT2D eigenvalue weighted by molar-refractivity contribution is -0.123. The van der Waals surface area contributed by atoms with Crippen LogP contribution in [0.3, 0.4) is 0 Å². The van der Waals surface area contributed by atoms with Crippen molar-refractivity contribution in [1.29, 1.82) is 0 Å². The summed E-state index contributed by atoms with van der Waals surface area (Å²) in [4.78, 5) is 27.1. The van der Waals surface area contributed by atoms with Crippen LogP contribution in [0.5, 0.6) is 0 Å². The van der Waals surface area contributed by atoms with E-state index in [9.17, 15) is 22.8 Å². The maximum atomic E-state index is 12.9. The lowest BCUT2D eigenvalue weighted by Gasteiger charge is -2.18. The lowest BCUT2D eigenvalue weighted by atomic mass is 9.90. The summed E-state index contributed by atoms with van der Waals surface area (Å²) in [6.45, 7) is 4.49. The second kappa shape index (κ2) is 6.59. The third-order valence-electron chi connectivity index (χ3n) is 2.57. The molecule has 1 aromatic heterocycles. The summed E-state index contributed by atoms with van der Waals surface area (Å²) in [5.74, 6) is -1.49. The molecule has 22 heavy (non-hydrogen) atoms. The van der Waals surface area contributed by atoms with Crippen molar-refractivity contribution in [3.8, 4) is 0 Å². The van der Waals surface area contributed by atoms with Gasteiger partial charge in [0.2, 0.25) is 0 Å². The topological polar surface area (TPSA) is 71.1 Å². The number of halogens is 3. The van der Waals surface area contributed by atoms with Crippen molar-refractivity contribution in [2.75, 3.05) is 0 Å². The monoisotopic (exact) mass is 315 g/mol. The van der Waals surface area contributed by atoms with E-state index in [1.54, 1.807) is 5.43 Å². The molecule has 1 amide bonds. The predicted octanol–water partition coefficient (Wildman–Crippen LogP) is 2.38. The second-order valence-electron chi connectivity index (χ2n) is 5.49. The van der Waals surface area contributed by atoms with E-state index in [-0.39, 0.29) is 5.56 Å². The van der Waals surface area contributed by atoms with Crippen LogP contribution in [0.1, 0.15) is 31.1 Å². The molecule has 8 heteroatoms. The molecule has 0 saturated heterocycles. The Kier molecular flexibility index (Phi) is 5.29. The van der Waals surface area contributed by atoms with Gasteiger partial charge in [-0.05, 0) is 12.1 Å². The highest BCUT2D eigenvalue weighted by Crippen LogP contribution is 2.25. The normalized spacial score (nSPS) is 12.7. The average Bonchev–Trinajstić information content (AvgIpc) is 2.41. The molecule has 0 radical (unpaired) electrons. The third kappa shape index (κ3) is 5.19. The van der Waals surface area contributed by atoms with Crippen molar-refractivity contribution in [3.05, 3.63) is 41.9 Å². The van der Waals surface area contributed by atoms with Gasteiger partial charge in [-0.3, -0.25) is 25.4 Å². The number of alkyl halides is 3. The van der Waals surface area contributed by atoms with E-state index >= 15 is 0 Å². The van der Waals surface area contributed by atoms with Crippen LogP contribution in [0.4, 0.5) is 13.2 Å². The fourth-order valence-electron chi connectivity index (χ4n) is 1.24. The number of carbonyl (C=O) groups is 2. The number of allylic oxidation sites excluding steroid dienone is 2. The maximum Gasteiger partial charge on any atom is 0.432 e. The summed E-state index contributed by atoms with van der Waals surface area (Å²) >= 11 is 0. The molecule has 0 atom stereocenters. The fourth-order valence-corrected chi connectivity index (χ4v) is 1.24. The SMILES string of the molecule is CC(C)(C)C(=O)/C=C(\NNC(=O)c1ccncc1)C(F)(F)F. The summed E-state index contributed by atoms with van der Waals surface area (Å²) in [5.41, 5.74) is 1.49. The number of aromatic nitrogens is 1. The molecule has 0 aromatic carbocycles. The average molecular weight is 315 g/mol. The summed E-state index contributed by atoms with van der Waals surface area (Å²) in [7, 11) is 0. The van der Waals surface area contributed by atoms with E-state index in [1.807, 2.05) is 5.43 Å². The van der Waals surface area contributed by atoms with Crippen LogP contribution in [0.2, 0.25) is 0 Å². The highest BCUT2D eigenvalue weighted by molar-refractivity contribution is 5.95. The Hall–Kier alpha value is -2.38. The Morgan fingerprint density at radius 2 is 1.64 bits per heavy atom. The fraction of sp³-hybridized carbons (Fsp3) is 0.357. The Labute approximate surface area is 125 Å². The van der Waals surface area contributed by atoms with Gasteiger partial charge in [-0.25, -0.2) is 0 Å². The second-order valence-corrected chi connectivity index (χ2v) is 5.49.